The van der Waals surface area contributed by atoms with Crippen molar-refractivity contribution in [2.45, 2.75) is 44.2 Å². The number of carbonyl (C=O) groups is 2. The molecule has 2 N–H and O–H groups in total. The third-order valence-electron chi connectivity index (χ3n) is 3.66. The summed E-state index contributed by atoms with van der Waals surface area (Å²) in [6, 6.07) is -1.05. The number of esters is 1. The van der Waals surface area contributed by atoms with E-state index in [1.54, 1.807) is 4.90 Å². The van der Waals surface area contributed by atoms with Gasteiger partial charge in [0.1, 0.15) is 9.84 Å². The Morgan fingerprint density at radius 1 is 1.38 bits per heavy atom. The average Bonchev–Trinajstić information content (AvgIpc) is 2.43. The van der Waals surface area contributed by atoms with Gasteiger partial charge in [-0.1, -0.05) is 0 Å². The van der Waals surface area contributed by atoms with Crippen LogP contribution in [0.25, 0.3) is 0 Å². The molecule has 2 unspecified atom stereocenters. The lowest BCUT2D eigenvalue weighted by atomic mass is 9.98. The van der Waals surface area contributed by atoms with Gasteiger partial charge in [-0.05, 0) is 25.7 Å². The smallest absolute Gasteiger partial charge is 0.307 e. The number of amides is 1. The van der Waals surface area contributed by atoms with E-state index in [2.05, 4.69) is 4.74 Å². The molecule has 0 aromatic heterocycles. The van der Waals surface area contributed by atoms with Gasteiger partial charge >= 0.3 is 5.97 Å². The van der Waals surface area contributed by atoms with Crippen LogP contribution in [0.15, 0.2) is 0 Å². The zero-order chi connectivity index (χ0) is 16.0. The van der Waals surface area contributed by atoms with Crippen LogP contribution in [-0.2, 0) is 24.2 Å². The van der Waals surface area contributed by atoms with Crippen LogP contribution >= 0.6 is 0 Å². The van der Waals surface area contributed by atoms with Crippen molar-refractivity contribution in [3.8, 4) is 0 Å². The minimum absolute atomic E-state index is 0.0963. The van der Waals surface area contributed by atoms with Crippen LogP contribution in [-0.4, -0.2) is 62.9 Å². The van der Waals surface area contributed by atoms with E-state index in [9.17, 15) is 18.0 Å². The molecular formula is C13H24N2O5S. The molecule has 21 heavy (non-hydrogen) atoms. The van der Waals surface area contributed by atoms with E-state index in [-0.39, 0.29) is 36.5 Å². The molecule has 1 aliphatic heterocycles. The Labute approximate surface area is 125 Å². The van der Waals surface area contributed by atoms with Gasteiger partial charge in [0.05, 0.1) is 25.3 Å². The van der Waals surface area contributed by atoms with Gasteiger partial charge < -0.3 is 15.4 Å². The fourth-order valence-corrected chi connectivity index (χ4v) is 3.14. The normalized spacial score (nSPS) is 20.9. The van der Waals surface area contributed by atoms with Gasteiger partial charge in [-0.15, -0.1) is 0 Å². The van der Waals surface area contributed by atoms with Crippen molar-refractivity contribution in [2.24, 2.45) is 5.73 Å². The van der Waals surface area contributed by atoms with E-state index < -0.39 is 15.9 Å². The third-order valence-corrected chi connectivity index (χ3v) is 4.63. The van der Waals surface area contributed by atoms with Gasteiger partial charge in [-0.2, -0.15) is 0 Å². The Bertz CT molecular complexity index is 477. The van der Waals surface area contributed by atoms with Crippen LogP contribution in [0, 0.1) is 0 Å². The van der Waals surface area contributed by atoms with Crippen molar-refractivity contribution in [3.05, 3.63) is 0 Å². The lowest BCUT2D eigenvalue weighted by Crippen LogP contribution is -2.51. The van der Waals surface area contributed by atoms with Crippen LogP contribution in [0.5, 0.6) is 0 Å². The maximum atomic E-state index is 12.3. The Hall–Kier alpha value is -1.15. The SMILES string of the molecule is COC(=O)CC1CCCCN1C(=O)C(N)CCS(C)(=O)=O. The summed E-state index contributed by atoms with van der Waals surface area (Å²) in [5.74, 6) is -0.758. The number of hydrogen-bond acceptors (Lipinski definition) is 6. The second-order valence-corrected chi connectivity index (χ2v) is 7.75. The first-order chi connectivity index (χ1) is 9.74. The molecule has 0 aliphatic carbocycles. The number of methoxy groups -OCH3 is 1. The van der Waals surface area contributed by atoms with Gasteiger partial charge in [0, 0.05) is 18.8 Å². The number of hydrogen-bond donors (Lipinski definition) is 1. The number of piperidine rings is 1. The Balaban J connectivity index is 2.65. The maximum Gasteiger partial charge on any atom is 0.307 e. The number of nitrogens with zero attached hydrogens (tertiary/aromatic N) is 1. The van der Waals surface area contributed by atoms with E-state index in [1.165, 1.54) is 7.11 Å². The molecule has 8 heteroatoms. The zero-order valence-corrected chi connectivity index (χ0v) is 13.4. The molecule has 0 bridgehead atoms. The van der Waals surface area contributed by atoms with Crippen LogP contribution in [0.3, 0.4) is 0 Å². The number of sulfone groups is 1. The Morgan fingerprint density at radius 2 is 2.05 bits per heavy atom. The van der Waals surface area contributed by atoms with Crippen molar-refractivity contribution in [3.63, 3.8) is 0 Å². The fourth-order valence-electron chi connectivity index (χ4n) is 2.46. The fraction of sp³-hybridized carbons (Fsp3) is 0.846. The van der Waals surface area contributed by atoms with Crippen molar-refractivity contribution < 1.29 is 22.7 Å². The minimum atomic E-state index is -3.14. The minimum Gasteiger partial charge on any atom is -0.469 e. The summed E-state index contributed by atoms with van der Waals surface area (Å²) in [6.45, 7) is 0.549. The monoisotopic (exact) mass is 320 g/mol. The summed E-state index contributed by atoms with van der Waals surface area (Å²) in [6.07, 6.45) is 3.91. The Morgan fingerprint density at radius 3 is 2.62 bits per heavy atom. The predicted octanol–water partition coefficient (Wildman–Crippen LogP) is -0.307. The predicted molar refractivity (Wildman–Crippen MR) is 78.3 cm³/mol. The third kappa shape index (κ3) is 6.01. The first kappa shape index (κ1) is 17.9. The highest BCUT2D eigenvalue weighted by atomic mass is 32.2. The molecule has 1 saturated heterocycles. The number of carbonyl (C=O) groups excluding carboxylic acids is 2. The van der Waals surface area contributed by atoms with E-state index >= 15 is 0 Å². The van der Waals surface area contributed by atoms with Crippen molar-refractivity contribution >= 4 is 21.7 Å². The molecule has 0 saturated carbocycles. The van der Waals surface area contributed by atoms with E-state index in [0.29, 0.717) is 6.54 Å². The lowest BCUT2D eigenvalue weighted by molar-refractivity contribution is -0.145. The highest BCUT2D eigenvalue weighted by molar-refractivity contribution is 7.90. The molecule has 1 fully saturated rings. The van der Waals surface area contributed by atoms with Crippen LogP contribution in [0.4, 0.5) is 0 Å². The highest BCUT2D eigenvalue weighted by Crippen LogP contribution is 2.21. The molecule has 1 aliphatic rings. The number of rotatable bonds is 6. The molecule has 122 valence electrons. The average molecular weight is 320 g/mol. The van der Waals surface area contributed by atoms with Gasteiger partial charge in [-0.3, -0.25) is 9.59 Å². The zero-order valence-electron chi connectivity index (χ0n) is 12.6. The van der Waals surface area contributed by atoms with Crippen LogP contribution < -0.4 is 5.73 Å². The van der Waals surface area contributed by atoms with Crippen molar-refractivity contribution in [2.75, 3.05) is 25.7 Å². The van der Waals surface area contributed by atoms with Gasteiger partial charge in [0.15, 0.2) is 0 Å². The Kier molecular flexibility index (Phi) is 6.60. The molecule has 1 amide bonds. The van der Waals surface area contributed by atoms with Crippen LogP contribution in [0.2, 0.25) is 0 Å². The quantitative estimate of drug-likeness (QED) is 0.673. The van der Waals surface area contributed by atoms with Gasteiger partial charge in [-0.25, -0.2) is 8.42 Å². The van der Waals surface area contributed by atoms with E-state index in [4.69, 9.17) is 5.73 Å². The van der Waals surface area contributed by atoms with Crippen molar-refractivity contribution in [1.82, 2.24) is 4.90 Å². The summed E-state index contributed by atoms with van der Waals surface area (Å²) >= 11 is 0. The van der Waals surface area contributed by atoms with Crippen LogP contribution in [0.1, 0.15) is 32.1 Å². The molecule has 1 rings (SSSR count). The molecular weight excluding hydrogens is 296 g/mol. The topological polar surface area (TPSA) is 107 Å². The standard InChI is InChI=1S/C13H24N2O5S/c1-20-12(16)9-10-5-3-4-7-15(10)13(17)11(14)6-8-21(2,18)19/h10-11H,3-9,14H2,1-2H3. The summed E-state index contributed by atoms with van der Waals surface area (Å²) in [5.41, 5.74) is 5.81. The lowest BCUT2D eigenvalue weighted by Gasteiger charge is -2.36. The number of ether oxygens (including phenoxy) is 1. The number of likely N-dealkylation sites (tertiary alicyclic amines) is 1. The summed E-state index contributed by atoms with van der Waals surface area (Å²) < 4.78 is 26.9. The summed E-state index contributed by atoms with van der Waals surface area (Å²) in [5, 5.41) is 0. The van der Waals surface area contributed by atoms with E-state index in [0.717, 1.165) is 25.5 Å². The summed E-state index contributed by atoms with van der Waals surface area (Å²) in [4.78, 5) is 25.4. The molecule has 7 nitrogen and oxygen atoms in total. The van der Waals surface area contributed by atoms with Crippen molar-refractivity contribution in [1.29, 1.82) is 0 Å². The second-order valence-electron chi connectivity index (χ2n) is 5.49. The molecule has 0 aromatic rings. The molecule has 2 atom stereocenters. The second kappa shape index (κ2) is 7.74. The molecule has 0 radical (unpaired) electrons. The molecule has 0 spiro atoms. The highest BCUT2D eigenvalue weighted by Gasteiger charge is 2.31. The first-order valence-corrected chi connectivity index (χ1v) is 9.11. The maximum absolute atomic E-state index is 12.3. The van der Waals surface area contributed by atoms with Gasteiger partial charge in [0.25, 0.3) is 0 Å². The number of nitrogens with two attached hydrogens (primary N) is 1. The largest absolute Gasteiger partial charge is 0.469 e. The van der Waals surface area contributed by atoms with Gasteiger partial charge in [0.2, 0.25) is 5.91 Å². The molecule has 0 aromatic carbocycles. The summed E-state index contributed by atoms with van der Waals surface area (Å²) in [7, 11) is -1.83. The molecule has 1 heterocycles. The first-order valence-electron chi connectivity index (χ1n) is 7.05. The van der Waals surface area contributed by atoms with E-state index in [1.807, 2.05) is 0 Å².